The van der Waals surface area contributed by atoms with Crippen LogP contribution in [-0.4, -0.2) is 13.1 Å². The Balaban J connectivity index is 1.63. The Morgan fingerprint density at radius 3 is 2.00 bits per heavy atom. The van der Waals surface area contributed by atoms with Gasteiger partial charge in [-0.3, -0.25) is 4.79 Å². The van der Waals surface area contributed by atoms with Crippen LogP contribution >= 0.6 is 0 Å². The minimum atomic E-state index is -0.239. The van der Waals surface area contributed by atoms with Gasteiger partial charge in [0.25, 0.3) is 0 Å². The summed E-state index contributed by atoms with van der Waals surface area (Å²) in [7, 11) is 1.60. The van der Waals surface area contributed by atoms with Crippen molar-refractivity contribution in [3.8, 4) is 17.2 Å². The van der Waals surface area contributed by atoms with Crippen LogP contribution in [0.15, 0.2) is 60.9 Å². The summed E-state index contributed by atoms with van der Waals surface area (Å²) >= 11 is 0. The molecule has 0 aliphatic heterocycles. The highest BCUT2D eigenvalue weighted by atomic mass is 16.5. The number of allylic oxidation sites excluding steroid dienone is 1. The molecule has 2 aromatic carbocycles. The van der Waals surface area contributed by atoms with E-state index in [-0.39, 0.29) is 5.97 Å². The van der Waals surface area contributed by atoms with E-state index in [0.29, 0.717) is 24.4 Å². The van der Waals surface area contributed by atoms with Crippen LogP contribution in [-0.2, 0) is 11.2 Å². The smallest absolute Gasteiger partial charge is 0.311 e. The monoisotopic (exact) mass is 354 g/mol. The molecular formula is C22H26O4. The van der Waals surface area contributed by atoms with Gasteiger partial charge in [-0.2, -0.15) is 0 Å². The number of esters is 1. The minimum absolute atomic E-state index is 0.239. The van der Waals surface area contributed by atoms with Crippen molar-refractivity contribution in [3.63, 3.8) is 0 Å². The first kappa shape index (κ1) is 19.6. The van der Waals surface area contributed by atoms with Gasteiger partial charge >= 0.3 is 5.97 Å². The van der Waals surface area contributed by atoms with E-state index in [4.69, 9.17) is 14.2 Å². The molecule has 0 aromatic heterocycles. The molecule has 0 fully saturated rings. The molecule has 0 bridgehead atoms. The average molecular weight is 354 g/mol. The number of hydrogen-bond donors (Lipinski definition) is 0. The summed E-state index contributed by atoms with van der Waals surface area (Å²) in [5.41, 5.74) is 1.28. The number of aryl methyl sites for hydroxylation is 1. The topological polar surface area (TPSA) is 44.8 Å². The SMILES string of the molecule is C=C(CCCCC(=O)Oc1ccc(OC)cc1)Oc1ccc(CC)cc1. The molecule has 0 spiro atoms. The molecule has 4 nitrogen and oxygen atoms in total. The molecule has 0 aliphatic carbocycles. The van der Waals surface area contributed by atoms with Gasteiger partial charge in [-0.15, -0.1) is 0 Å². The Morgan fingerprint density at radius 2 is 1.38 bits per heavy atom. The van der Waals surface area contributed by atoms with Crippen molar-refractivity contribution in [3.05, 3.63) is 66.4 Å². The molecule has 0 radical (unpaired) electrons. The fourth-order valence-electron chi connectivity index (χ4n) is 2.43. The standard InChI is InChI=1S/C22H26O4/c1-4-18-9-11-20(12-10-18)25-17(2)7-5-6-8-22(23)26-21-15-13-19(24-3)14-16-21/h9-16H,2,4-8H2,1,3H3. The van der Waals surface area contributed by atoms with Crippen molar-refractivity contribution in [2.75, 3.05) is 7.11 Å². The van der Waals surface area contributed by atoms with Crippen molar-refractivity contribution in [2.45, 2.75) is 39.0 Å². The molecule has 0 atom stereocenters. The predicted molar refractivity (Wildman–Crippen MR) is 103 cm³/mol. The van der Waals surface area contributed by atoms with E-state index in [0.717, 1.165) is 30.8 Å². The number of benzene rings is 2. The Labute approximate surface area is 155 Å². The van der Waals surface area contributed by atoms with Crippen LogP contribution in [0.25, 0.3) is 0 Å². The largest absolute Gasteiger partial charge is 0.497 e. The van der Waals surface area contributed by atoms with Gasteiger partial charge in [-0.1, -0.05) is 25.6 Å². The van der Waals surface area contributed by atoms with Crippen LogP contribution in [0.1, 0.15) is 38.2 Å². The summed E-state index contributed by atoms with van der Waals surface area (Å²) in [6.07, 6.45) is 3.64. The Morgan fingerprint density at radius 1 is 0.846 bits per heavy atom. The molecule has 0 N–H and O–H groups in total. The number of ether oxygens (including phenoxy) is 3. The van der Waals surface area contributed by atoms with Crippen LogP contribution in [0, 0.1) is 0 Å². The van der Waals surface area contributed by atoms with Crippen LogP contribution in [0.4, 0.5) is 0 Å². The van der Waals surface area contributed by atoms with Crippen molar-refractivity contribution in [2.24, 2.45) is 0 Å². The summed E-state index contributed by atoms with van der Waals surface area (Å²) in [6.45, 7) is 6.06. The lowest BCUT2D eigenvalue weighted by atomic mass is 10.1. The summed E-state index contributed by atoms with van der Waals surface area (Å²) < 4.78 is 16.1. The van der Waals surface area contributed by atoms with Crippen molar-refractivity contribution < 1.29 is 19.0 Å². The highest BCUT2D eigenvalue weighted by Crippen LogP contribution is 2.19. The number of hydrogen-bond acceptors (Lipinski definition) is 4. The second-order valence-corrected chi connectivity index (χ2v) is 5.99. The third kappa shape index (κ3) is 6.63. The Hall–Kier alpha value is -2.75. The van der Waals surface area contributed by atoms with E-state index >= 15 is 0 Å². The number of methoxy groups -OCH3 is 1. The molecule has 0 aliphatic rings. The normalized spacial score (nSPS) is 10.2. The lowest BCUT2D eigenvalue weighted by molar-refractivity contribution is -0.134. The first-order valence-electron chi connectivity index (χ1n) is 8.90. The molecule has 0 heterocycles. The summed E-state index contributed by atoms with van der Waals surface area (Å²) in [5, 5.41) is 0. The molecule has 0 unspecified atom stereocenters. The maximum Gasteiger partial charge on any atom is 0.311 e. The molecule has 2 aromatic rings. The Kier molecular flexibility index (Phi) is 7.75. The average Bonchev–Trinajstić information content (AvgIpc) is 2.66. The molecule has 2 rings (SSSR count). The van der Waals surface area contributed by atoms with Gasteiger partial charge in [0.1, 0.15) is 17.2 Å². The second-order valence-electron chi connectivity index (χ2n) is 5.99. The Bertz CT molecular complexity index is 638. The number of rotatable bonds is 10. The highest BCUT2D eigenvalue weighted by Gasteiger charge is 2.06. The van der Waals surface area contributed by atoms with E-state index in [1.807, 2.05) is 12.1 Å². The van der Waals surface area contributed by atoms with Crippen LogP contribution in [0.5, 0.6) is 17.2 Å². The van der Waals surface area contributed by atoms with Crippen molar-refractivity contribution >= 4 is 5.97 Å². The van der Waals surface area contributed by atoms with Gasteiger partial charge in [0, 0.05) is 12.8 Å². The zero-order valence-corrected chi connectivity index (χ0v) is 15.5. The molecule has 0 saturated carbocycles. The van der Waals surface area contributed by atoms with Crippen LogP contribution in [0.2, 0.25) is 0 Å². The molecule has 138 valence electrons. The van der Waals surface area contributed by atoms with Gasteiger partial charge in [-0.05, 0) is 61.2 Å². The zero-order valence-electron chi connectivity index (χ0n) is 15.5. The van der Waals surface area contributed by atoms with Gasteiger partial charge in [0.05, 0.1) is 12.9 Å². The number of carbonyl (C=O) groups is 1. The fourth-order valence-corrected chi connectivity index (χ4v) is 2.43. The fraction of sp³-hybridized carbons (Fsp3) is 0.318. The van der Waals surface area contributed by atoms with Crippen LogP contribution in [0.3, 0.4) is 0 Å². The molecule has 4 heteroatoms. The van der Waals surface area contributed by atoms with Gasteiger partial charge < -0.3 is 14.2 Å². The van der Waals surface area contributed by atoms with E-state index in [9.17, 15) is 4.79 Å². The lowest BCUT2D eigenvalue weighted by Gasteiger charge is -2.09. The second kappa shape index (κ2) is 10.3. The quantitative estimate of drug-likeness (QED) is 0.251. The molecule has 26 heavy (non-hydrogen) atoms. The van der Waals surface area contributed by atoms with Gasteiger partial charge in [0.2, 0.25) is 0 Å². The third-order valence-electron chi connectivity index (χ3n) is 3.97. The van der Waals surface area contributed by atoms with Gasteiger partial charge in [0.15, 0.2) is 0 Å². The predicted octanol–water partition coefficient (Wildman–Crippen LogP) is 5.32. The molecule has 0 amide bonds. The van der Waals surface area contributed by atoms with E-state index in [1.165, 1.54) is 5.56 Å². The highest BCUT2D eigenvalue weighted by molar-refractivity contribution is 5.72. The number of carbonyl (C=O) groups excluding carboxylic acids is 1. The first-order chi connectivity index (χ1) is 12.6. The van der Waals surface area contributed by atoms with Crippen LogP contribution < -0.4 is 14.2 Å². The summed E-state index contributed by atoms with van der Waals surface area (Å²) in [4.78, 5) is 11.9. The van der Waals surface area contributed by atoms with E-state index in [1.54, 1.807) is 31.4 Å². The van der Waals surface area contributed by atoms with Crippen molar-refractivity contribution in [1.82, 2.24) is 0 Å². The van der Waals surface area contributed by atoms with E-state index < -0.39 is 0 Å². The summed E-state index contributed by atoms with van der Waals surface area (Å²) in [5.74, 6) is 2.52. The maximum atomic E-state index is 11.9. The van der Waals surface area contributed by atoms with Gasteiger partial charge in [-0.25, -0.2) is 0 Å². The zero-order chi connectivity index (χ0) is 18.8. The maximum absolute atomic E-state index is 11.9. The molecule has 0 saturated heterocycles. The van der Waals surface area contributed by atoms with Crippen molar-refractivity contribution in [1.29, 1.82) is 0 Å². The number of unbranched alkanes of at least 4 members (excludes halogenated alkanes) is 1. The van der Waals surface area contributed by atoms with E-state index in [2.05, 4.69) is 25.6 Å². The third-order valence-corrected chi connectivity index (χ3v) is 3.97. The summed E-state index contributed by atoms with van der Waals surface area (Å²) in [6, 6.07) is 15.0. The first-order valence-corrected chi connectivity index (χ1v) is 8.90. The minimum Gasteiger partial charge on any atom is -0.497 e. The lowest BCUT2D eigenvalue weighted by Crippen LogP contribution is -2.07. The molecular weight excluding hydrogens is 328 g/mol.